The fraction of sp³-hybridized carbons (Fsp3) is 0.593. The van der Waals surface area contributed by atoms with Gasteiger partial charge in [-0.05, 0) is 89.6 Å². The first-order valence-corrected chi connectivity index (χ1v) is 14.4. The molecule has 1 aromatic carbocycles. The summed E-state index contributed by atoms with van der Waals surface area (Å²) < 4.78 is 40.0. The summed E-state index contributed by atoms with van der Waals surface area (Å²) in [5.74, 6) is 1.05. The molecule has 0 radical (unpaired) electrons. The molecule has 2 aromatic rings. The maximum absolute atomic E-state index is 13.8. The van der Waals surface area contributed by atoms with E-state index in [1.807, 2.05) is 4.90 Å². The summed E-state index contributed by atoms with van der Waals surface area (Å²) in [5, 5.41) is 0. The minimum absolute atomic E-state index is 0.0595. The van der Waals surface area contributed by atoms with Crippen LogP contribution < -0.4 is 4.74 Å². The number of methoxy groups -OCH3 is 1. The number of carbonyl (C=O) groups excluding carboxylic acids is 1. The van der Waals surface area contributed by atoms with Crippen molar-refractivity contribution in [2.24, 2.45) is 0 Å². The average molecular weight is 533 g/mol. The molecule has 204 valence electrons. The third-order valence-corrected chi connectivity index (χ3v) is 9.35. The first-order chi connectivity index (χ1) is 17.6. The smallest absolute Gasteiger partial charge is 0.257 e. The number of rotatable bonds is 11. The number of nitrogens with zero attached hydrogens (tertiary/aromatic N) is 4. The van der Waals surface area contributed by atoms with E-state index in [0.717, 1.165) is 45.4 Å². The van der Waals surface area contributed by atoms with Gasteiger partial charge >= 0.3 is 0 Å². The van der Waals surface area contributed by atoms with Gasteiger partial charge in [0.2, 0.25) is 10.0 Å². The molecular weight excluding hydrogens is 492 g/mol. The summed E-state index contributed by atoms with van der Waals surface area (Å²) in [7, 11) is 1.97. The zero-order valence-corrected chi connectivity index (χ0v) is 23.5. The molecule has 2 heterocycles. The van der Waals surface area contributed by atoms with E-state index in [2.05, 4.69) is 23.9 Å². The number of aryl methyl sites for hydroxylation is 2. The number of hydrogen-bond acceptors (Lipinski definition) is 7. The minimum atomic E-state index is -3.76. The molecule has 1 saturated heterocycles. The number of carbonyl (C=O) groups is 1. The van der Waals surface area contributed by atoms with Crippen LogP contribution in [0, 0.1) is 13.8 Å². The van der Waals surface area contributed by atoms with Gasteiger partial charge in [0, 0.05) is 32.2 Å². The molecule has 10 heteroatoms. The SMILES string of the molecule is COc1cc(C)c(S(=O)(=O)N(Cc2cc(C(=O)N3CCN(CCCN(C)C)CC3)co2)C2CC2)c(C)c1. The van der Waals surface area contributed by atoms with Crippen molar-refractivity contribution in [1.82, 2.24) is 19.0 Å². The van der Waals surface area contributed by atoms with Crippen molar-refractivity contribution >= 4 is 15.9 Å². The van der Waals surface area contributed by atoms with Gasteiger partial charge in [-0.25, -0.2) is 8.42 Å². The van der Waals surface area contributed by atoms with Crippen LogP contribution in [-0.4, -0.2) is 99.8 Å². The number of hydrogen-bond donors (Lipinski definition) is 0. The van der Waals surface area contributed by atoms with Gasteiger partial charge in [0.25, 0.3) is 5.91 Å². The van der Waals surface area contributed by atoms with Crippen LogP contribution in [-0.2, 0) is 16.6 Å². The van der Waals surface area contributed by atoms with E-state index in [9.17, 15) is 13.2 Å². The molecule has 1 aliphatic heterocycles. The molecule has 9 nitrogen and oxygen atoms in total. The van der Waals surface area contributed by atoms with E-state index in [1.54, 1.807) is 39.2 Å². The van der Waals surface area contributed by atoms with E-state index in [0.29, 0.717) is 46.2 Å². The van der Waals surface area contributed by atoms with E-state index < -0.39 is 10.0 Å². The quantitative estimate of drug-likeness (QED) is 0.440. The number of ether oxygens (including phenoxy) is 1. The Labute approximate surface area is 221 Å². The first-order valence-electron chi connectivity index (χ1n) is 13.0. The van der Waals surface area contributed by atoms with Crippen LogP contribution in [0.4, 0.5) is 0 Å². The van der Waals surface area contributed by atoms with Crippen molar-refractivity contribution in [2.45, 2.75) is 50.6 Å². The number of benzene rings is 1. The van der Waals surface area contributed by atoms with Crippen molar-refractivity contribution in [3.63, 3.8) is 0 Å². The second kappa shape index (κ2) is 11.6. The molecule has 37 heavy (non-hydrogen) atoms. The summed E-state index contributed by atoms with van der Waals surface area (Å²) in [4.78, 5) is 19.9. The zero-order valence-electron chi connectivity index (χ0n) is 22.7. The van der Waals surface area contributed by atoms with Gasteiger partial charge in [-0.3, -0.25) is 9.69 Å². The van der Waals surface area contributed by atoms with Gasteiger partial charge in [0.15, 0.2) is 0 Å². The van der Waals surface area contributed by atoms with Crippen LogP contribution in [0.2, 0.25) is 0 Å². The molecule has 4 rings (SSSR count). The molecule has 2 fully saturated rings. The fourth-order valence-corrected chi connectivity index (χ4v) is 7.09. The van der Waals surface area contributed by atoms with Crippen LogP contribution in [0.25, 0.3) is 0 Å². The Morgan fingerprint density at radius 3 is 2.30 bits per heavy atom. The Morgan fingerprint density at radius 1 is 1.08 bits per heavy atom. The van der Waals surface area contributed by atoms with E-state index in [1.165, 1.54) is 10.6 Å². The predicted octanol–water partition coefficient (Wildman–Crippen LogP) is 2.97. The molecule has 0 unspecified atom stereocenters. The second-order valence-electron chi connectivity index (χ2n) is 10.5. The molecule has 1 aromatic heterocycles. The third kappa shape index (κ3) is 6.54. The monoisotopic (exact) mass is 532 g/mol. The normalized spacial score (nSPS) is 17.1. The number of furan rings is 1. The van der Waals surface area contributed by atoms with Crippen molar-refractivity contribution in [3.05, 3.63) is 46.9 Å². The number of amides is 1. The van der Waals surface area contributed by atoms with Gasteiger partial charge in [0.05, 0.1) is 24.1 Å². The van der Waals surface area contributed by atoms with Gasteiger partial charge < -0.3 is 19.0 Å². The molecule has 0 N–H and O–H groups in total. The highest BCUT2D eigenvalue weighted by molar-refractivity contribution is 7.89. The Morgan fingerprint density at radius 2 is 1.73 bits per heavy atom. The molecule has 0 atom stereocenters. The largest absolute Gasteiger partial charge is 0.497 e. The summed E-state index contributed by atoms with van der Waals surface area (Å²) in [6.07, 6.45) is 4.21. The Balaban J connectivity index is 1.42. The van der Waals surface area contributed by atoms with Gasteiger partial charge in [-0.15, -0.1) is 0 Å². The van der Waals surface area contributed by atoms with Gasteiger partial charge in [-0.1, -0.05) is 0 Å². The van der Waals surface area contributed by atoms with Crippen LogP contribution in [0.5, 0.6) is 5.75 Å². The molecule has 0 bridgehead atoms. The number of piperazine rings is 1. The van der Waals surface area contributed by atoms with Crippen LogP contribution >= 0.6 is 0 Å². The number of sulfonamides is 1. The first kappa shape index (κ1) is 27.6. The van der Waals surface area contributed by atoms with Crippen LogP contribution in [0.15, 0.2) is 33.8 Å². The lowest BCUT2D eigenvalue weighted by atomic mass is 10.1. The van der Waals surface area contributed by atoms with Crippen molar-refractivity contribution in [3.8, 4) is 5.75 Å². The molecule has 1 aliphatic carbocycles. The predicted molar refractivity (Wildman–Crippen MR) is 142 cm³/mol. The molecule has 2 aliphatic rings. The second-order valence-corrected chi connectivity index (χ2v) is 12.3. The summed E-state index contributed by atoms with van der Waals surface area (Å²) >= 11 is 0. The minimum Gasteiger partial charge on any atom is -0.497 e. The van der Waals surface area contributed by atoms with Gasteiger partial charge in [-0.2, -0.15) is 4.31 Å². The zero-order chi connectivity index (χ0) is 26.7. The van der Waals surface area contributed by atoms with Crippen molar-refractivity contribution < 1.29 is 22.4 Å². The summed E-state index contributed by atoms with van der Waals surface area (Å²) in [6.45, 7) is 8.86. The molecule has 1 saturated carbocycles. The van der Waals surface area contributed by atoms with Crippen LogP contribution in [0.1, 0.15) is 46.5 Å². The van der Waals surface area contributed by atoms with Crippen molar-refractivity contribution in [2.75, 3.05) is 60.5 Å². The highest BCUT2D eigenvalue weighted by Gasteiger charge is 2.40. The lowest BCUT2D eigenvalue weighted by Crippen LogP contribution is -2.49. The average Bonchev–Trinajstić information content (AvgIpc) is 3.58. The van der Waals surface area contributed by atoms with Gasteiger partial charge in [0.1, 0.15) is 17.8 Å². The van der Waals surface area contributed by atoms with E-state index in [4.69, 9.17) is 9.15 Å². The third-order valence-electron chi connectivity index (χ3n) is 7.14. The Kier molecular flexibility index (Phi) is 8.63. The van der Waals surface area contributed by atoms with E-state index >= 15 is 0 Å². The molecular formula is C27H40N4O5S. The van der Waals surface area contributed by atoms with Crippen molar-refractivity contribution in [1.29, 1.82) is 0 Å². The standard InChI is InChI=1S/C27H40N4O5S/c1-20-15-24(35-5)16-21(2)26(20)37(33,34)31(23-7-8-23)18-25-17-22(19-36-25)27(32)30-13-11-29(12-14-30)10-6-9-28(3)4/h15-17,19,23H,6-14,18H2,1-5H3. The summed E-state index contributed by atoms with van der Waals surface area (Å²) in [6, 6.07) is 5.13. The lowest BCUT2D eigenvalue weighted by Gasteiger charge is -2.34. The molecule has 1 amide bonds. The topological polar surface area (TPSA) is 86.5 Å². The molecule has 0 spiro atoms. The Hall–Kier alpha value is -2.40. The highest BCUT2D eigenvalue weighted by atomic mass is 32.2. The van der Waals surface area contributed by atoms with Crippen LogP contribution in [0.3, 0.4) is 0 Å². The van der Waals surface area contributed by atoms with E-state index in [-0.39, 0.29) is 18.5 Å². The maximum Gasteiger partial charge on any atom is 0.257 e. The lowest BCUT2D eigenvalue weighted by molar-refractivity contribution is 0.0633. The Bertz CT molecular complexity index is 1170. The summed E-state index contributed by atoms with van der Waals surface area (Å²) in [5.41, 5.74) is 1.78. The maximum atomic E-state index is 13.8. The fourth-order valence-electron chi connectivity index (χ4n) is 5.02. The highest BCUT2D eigenvalue weighted by Crippen LogP contribution is 2.36.